The fraction of sp³-hybridized carbons (Fsp3) is 0.0476. The molecule has 0 atom stereocenters. The van der Waals surface area contributed by atoms with Gasteiger partial charge in [-0.2, -0.15) is 0 Å². The van der Waals surface area contributed by atoms with Gasteiger partial charge in [-0.15, -0.1) is 11.3 Å². The summed E-state index contributed by atoms with van der Waals surface area (Å²) in [7, 11) is 0. The number of thiophene rings is 1. The molecule has 1 N–H and O–H groups in total. The van der Waals surface area contributed by atoms with E-state index in [4.69, 9.17) is 0 Å². The van der Waals surface area contributed by atoms with Crippen LogP contribution in [-0.4, -0.2) is 5.11 Å². The van der Waals surface area contributed by atoms with Crippen molar-refractivity contribution in [2.45, 2.75) is 6.61 Å². The highest BCUT2D eigenvalue weighted by molar-refractivity contribution is 7.26. The number of fused-ring (bicyclic) bond motifs is 5. The summed E-state index contributed by atoms with van der Waals surface area (Å²) in [4.78, 5) is 0. The van der Waals surface area contributed by atoms with Crippen LogP contribution in [0.4, 0.5) is 0 Å². The lowest BCUT2D eigenvalue weighted by molar-refractivity contribution is 0.282. The van der Waals surface area contributed by atoms with Gasteiger partial charge in [0.25, 0.3) is 0 Å². The highest BCUT2D eigenvalue weighted by atomic mass is 32.1. The van der Waals surface area contributed by atoms with Crippen LogP contribution in [-0.2, 0) is 6.61 Å². The Balaban J connectivity index is 1.91. The molecule has 0 radical (unpaired) electrons. The summed E-state index contributed by atoms with van der Waals surface area (Å²) in [5.41, 5.74) is 0.962. The summed E-state index contributed by atoms with van der Waals surface area (Å²) in [6.07, 6.45) is 0. The zero-order chi connectivity index (χ0) is 15.4. The topological polar surface area (TPSA) is 20.2 Å². The van der Waals surface area contributed by atoms with Crippen molar-refractivity contribution in [2.24, 2.45) is 0 Å². The Hall–Kier alpha value is -2.42. The molecule has 0 aliphatic heterocycles. The van der Waals surface area contributed by atoms with Gasteiger partial charge in [0.15, 0.2) is 0 Å². The van der Waals surface area contributed by atoms with Gasteiger partial charge in [-0.05, 0) is 57.4 Å². The third-order valence-corrected chi connectivity index (χ3v) is 5.66. The molecule has 110 valence electrons. The second-order valence-corrected chi connectivity index (χ2v) is 7.07. The van der Waals surface area contributed by atoms with Crippen molar-refractivity contribution >= 4 is 53.1 Å². The van der Waals surface area contributed by atoms with Crippen LogP contribution in [0.2, 0.25) is 0 Å². The molecule has 0 amide bonds. The monoisotopic (exact) mass is 314 g/mol. The second kappa shape index (κ2) is 4.79. The van der Waals surface area contributed by atoms with E-state index in [0.29, 0.717) is 0 Å². The van der Waals surface area contributed by atoms with Crippen LogP contribution in [0.15, 0.2) is 66.7 Å². The van der Waals surface area contributed by atoms with E-state index < -0.39 is 0 Å². The van der Waals surface area contributed by atoms with Crippen molar-refractivity contribution in [3.63, 3.8) is 0 Å². The van der Waals surface area contributed by atoms with Crippen molar-refractivity contribution < 1.29 is 5.11 Å². The molecule has 0 aliphatic rings. The quantitative estimate of drug-likeness (QED) is 0.411. The van der Waals surface area contributed by atoms with Gasteiger partial charge in [-0.3, -0.25) is 0 Å². The van der Waals surface area contributed by atoms with Crippen LogP contribution in [0, 0.1) is 0 Å². The van der Waals surface area contributed by atoms with E-state index in [1.165, 1.54) is 41.7 Å². The lowest BCUT2D eigenvalue weighted by Gasteiger charge is -2.02. The van der Waals surface area contributed by atoms with Crippen LogP contribution < -0.4 is 0 Å². The molecule has 0 saturated carbocycles. The Kier molecular flexibility index (Phi) is 2.72. The molecule has 0 fully saturated rings. The lowest BCUT2D eigenvalue weighted by Crippen LogP contribution is -1.82. The molecule has 5 rings (SSSR count). The first-order valence-corrected chi connectivity index (χ1v) is 8.52. The third-order valence-electron chi connectivity index (χ3n) is 4.54. The van der Waals surface area contributed by atoms with Crippen LogP contribution in [0.1, 0.15) is 5.56 Å². The van der Waals surface area contributed by atoms with Gasteiger partial charge in [0, 0.05) is 20.2 Å². The molecule has 4 aromatic carbocycles. The minimum absolute atomic E-state index is 0.0891. The number of aliphatic hydroxyl groups excluding tert-OH is 1. The number of benzene rings is 4. The third kappa shape index (κ3) is 1.96. The molecule has 0 spiro atoms. The van der Waals surface area contributed by atoms with Crippen LogP contribution >= 0.6 is 11.3 Å². The Morgan fingerprint density at radius 1 is 0.652 bits per heavy atom. The van der Waals surface area contributed by atoms with Crippen molar-refractivity contribution in [3.8, 4) is 0 Å². The Morgan fingerprint density at radius 3 is 1.96 bits per heavy atom. The molecule has 2 heteroatoms. The highest BCUT2D eigenvalue weighted by Gasteiger charge is 2.08. The lowest BCUT2D eigenvalue weighted by atomic mass is 10.0. The second-order valence-electron chi connectivity index (χ2n) is 5.99. The summed E-state index contributed by atoms with van der Waals surface area (Å²) >= 11 is 1.84. The average molecular weight is 314 g/mol. The average Bonchev–Trinajstić information content (AvgIpc) is 2.93. The fourth-order valence-corrected chi connectivity index (χ4v) is 4.52. The standard InChI is InChI=1S/C21H14OS/c22-12-13-5-6-16-9-19-18-8-14-3-1-2-4-15(14)10-20(18)23-21(19)11-17(16)7-13/h1-11,22H,12H2. The number of hydrogen-bond donors (Lipinski definition) is 1. The predicted molar refractivity (Wildman–Crippen MR) is 100 cm³/mol. The molecule has 0 saturated heterocycles. The molecular formula is C21H14OS. The summed E-state index contributed by atoms with van der Waals surface area (Å²) < 4.78 is 2.63. The SMILES string of the molecule is OCc1ccc2cc3c(cc2c1)sc1cc2ccccc2cc13. The Bertz CT molecular complexity index is 1200. The van der Waals surface area contributed by atoms with E-state index in [2.05, 4.69) is 60.7 Å². The van der Waals surface area contributed by atoms with Gasteiger partial charge in [0.05, 0.1) is 6.61 Å². The summed E-state index contributed by atoms with van der Waals surface area (Å²) in [6, 6.07) is 23.8. The number of hydrogen-bond acceptors (Lipinski definition) is 2. The zero-order valence-electron chi connectivity index (χ0n) is 12.4. The molecule has 1 heterocycles. The molecule has 5 aromatic rings. The first-order valence-electron chi connectivity index (χ1n) is 7.70. The molecular weight excluding hydrogens is 300 g/mol. The molecule has 1 nitrogen and oxygen atoms in total. The van der Waals surface area contributed by atoms with E-state index in [1.807, 2.05) is 17.4 Å². The first-order chi connectivity index (χ1) is 11.3. The van der Waals surface area contributed by atoms with Crippen molar-refractivity contribution in [2.75, 3.05) is 0 Å². The minimum Gasteiger partial charge on any atom is -0.392 e. The molecule has 0 aliphatic carbocycles. The van der Waals surface area contributed by atoms with E-state index in [9.17, 15) is 5.11 Å². The van der Waals surface area contributed by atoms with Gasteiger partial charge < -0.3 is 5.11 Å². The summed E-state index contributed by atoms with van der Waals surface area (Å²) in [5.74, 6) is 0. The minimum atomic E-state index is 0.0891. The summed E-state index contributed by atoms with van der Waals surface area (Å²) in [6.45, 7) is 0.0891. The van der Waals surface area contributed by atoms with Crippen LogP contribution in [0.3, 0.4) is 0 Å². The largest absolute Gasteiger partial charge is 0.392 e. The van der Waals surface area contributed by atoms with Gasteiger partial charge in [-0.1, -0.05) is 36.4 Å². The van der Waals surface area contributed by atoms with Crippen molar-refractivity contribution in [1.29, 1.82) is 0 Å². The Labute approximate surface area is 137 Å². The fourth-order valence-electron chi connectivity index (χ4n) is 3.35. The molecule has 0 bridgehead atoms. The van der Waals surface area contributed by atoms with E-state index in [-0.39, 0.29) is 6.61 Å². The van der Waals surface area contributed by atoms with E-state index in [0.717, 1.165) is 5.56 Å². The van der Waals surface area contributed by atoms with Gasteiger partial charge in [-0.25, -0.2) is 0 Å². The Morgan fingerprint density at radius 2 is 1.26 bits per heavy atom. The van der Waals surface area contributed by atoms with Crippen molar-refractivity contribution in [3.05, 3.63) is 72.3 Å². The number of aliphatic hydroxyl groups is 1. The normalized spacial score (nSPS) is 11.9. The van der Waals surface area contributed by atoms with Crippen molar-refractivity contribution in [1.82, 2.24) is 0 Å². The highest BCUT2D eigenvalue weighted by Crippen LogP contribution is 2.38. The predicted octanol–water partition coefficient (Wildman–Crippen LogP) is 5.85. The molecule has 1 aromatic heterocycles. The smallest absolute Gasteiger partial charge is 0.0682 e. The molecule has 0 unspecified atom stereocenters. The van der Waals surface area contributed by atoms with Gasteiger partial charge in [0.1, 0.15) is 0 Å². The molecule has 23 heavy (non-hydrogen) atoms. The maximum absolute atomic E-state index is 9.34. The van der Waals surface area contributed by atoms with Gasteiger partial charge in [0.2, 0.25) is 0 Å². The number of rotatable bonds is 1. The van der Waals surface area contributed by atoms with E-state index >= 15 is 0 Å². The summed E-state index contributed by atoms with van der Waals surface area (Å²) in [5, 5.41) is 17.0. The zero-order valence-corrected chi connectivity index (χ0v) is 13.2. The van der Waals surface area contributed by atoms with Gasteiger partial charge >= 0.3 is 0 Å². The van der Waals surface area contributed by atoms with Crippen LogP contribution in [0.25, 0.3) is 41.7 Å². The first kappa shape index (κ1) is 13.1. The van der Waals surface area contributed by atoms with E-state index in [1.54, 1.807) is 0 Å². The maximum atomic E-state index is 9.34. The van der Waals surface area contributed by atoms with Crippen LogP contribution in [0.5, 0.6) is 0 Å². The maximum Gasteiger partial charge on any atom is 0.0682 e.